The molecule has 1 aromatic carbocycles. The minimum atomic E-state index is -1.55. The monoisotopic (exact) mass is 256 g/mol. The molecule has 1 aromatic rings. The molecule has 0 radical (unpaired) electrons. The summed E-state index contributed by atoms with van der Waals surface area (Å²) in [6.07, 6.45) is 0.401. The molecule has 0 aliphatic rings. The Labute approximate surface area is 103 Å². The number of anilines is 1. The minimum Gasteiger partial charge on any atom is -0.497 e. The molecule has 0 fully saturated rings. The molecule has 0 spiro atoms. The number of carbonyl (C=O) groups is 1. The molecule has 2 atom stereocenters. The second kappa shape index (κ2) is 5.67. The Morgan fingerprint density at radius 2 is 2.18 bits per heavy atom. The maximum Gasteiger partial charge on any atom is 0.233 e. The van der Waals surface area contributed by atoms with Crippen molar-refractivity contribution in [3.8, 4) is 5.75 Å². The number of rotatable bonds is 5. The van der Waals surface area contributed by atoms with Crippen molar-refractivity contribution >= 4 is 22.4 Å². The van der Waals surface area contributed by atoms with Crippen LogP contribution in [0.5, 0.6) is 5.75 Å². The van der Waals surface area contributed by atoms with Gasteiger partial charge in [-0.2, -0.15) is 0 Å². The van der Waals surface area contributed by atoms with Crippen LogP contribution in [0.4, 0.5) is 5.69 Å². The van der Waals surface area contributed by atoms with Gasteiger partial charge < -0.3 is 16.2 Å². The molecule has 0 saturated carbocycles. The predicted molar refractivity (Wildman–Crippen MR) is 67.1 cm³/mol. The van der Waals surface area contributed by atoms with Crippen molar-refractivity contribution in [1.29, 1.82) is 0 Å². The summed E-state index contributed by atoms with van der Waals surface area (Å²) in [7, 11) is -0.0507. The quantitative estimate of drug-likeness (QED) is 0.756. The first-order valence-corrected chi connectivity index (χ1v) is 6.36. The van der Waals surface area contributed by atoms with Crippen molar-refractivity contribution in [2.24, 2.45) is 5.73 Å². The number of benzene rings is 1. The molecule has 17 heavy (non-hydrogen) atoms. The van der Waals surface area contributed by atoms with Gasteiger partial charge in [-0.15, -0.1) is 0 Å². The van der Waals surface area contributed by atoms with Crippen molar-refractivity contribution in [3.63, 3.8) is 0 Å². The van der Waals surface area contributed by atoms with Gasteiger partial charge in [0.25, 0.3) is 0 Å². The summed E-state index contributed by atoms with van der Waals surface area (Å²) >= 11 is 0. The lowest BCUT2D eigenvalue weighted by Gasteiger charge is -2.13. The second-order valence-electron chi connectivity index (χ2n) is 3.50. The minimum absolute atomic E-state index is 0.365. The summed E-state index contributed by atoms with van der Waals surface area (Å²) in [6.45, 7) is 1.75. The smallest absolute Gasteiger partial charge is 0.233 e. The summed E-state index contributed by atoms with van der Waals surface area (Å²) in [5.74, 6) is -0.0464. The van der Waals surface area contributed by atoms with Crippen LogP contribution in [0.15, 0.2) is 23.1 Å². The summed E-state index contributed by atoms with van der Waals surface area (Å²) in [6, 6.07) is 4.83. The highest BCUT2D eigenvalue weighted by Crippen LogP contribution is 2.25. The van der Waals surface area contributed by atoms with Crippen LogP contribution >= 0.6 is 0 Å². The van der Waals surface area contributed by atoms with E-state index >= 15 is 0 Å². The average molecular weight is 256 g/mol. The van der Waals surface area contributed by atoms with Crippen molar-refractivity contribution < 1.29 is 13.7 Å². The van der Waals surface area contributed by atoms with E-state index in [0.29, 0.717) is 22.8 Å². The highest BCUT2D eigenvalue weighted by Gasteiger charge is 2.24. The highest BCUT2D eigenvalue weighted by atomic mass is 32.2. The van der Waals surface area contributed by atoms with Gasteiger partial charge in [-0.1, -0.05) is 6.92 Å². The Hall–Kier alpha value is -1.56. The topological polar surface area (TPSA) is 95.4 Å². The Morgan fingerprint density at radius 3 is 2.65 bits per heavy atom. The molecule has 94 valence electrons. The number of methoxy groups -OCH3 is 1. The first-order chi connectivity index (χ1) is 8.01. The van der Waals surface area contributed by atoms with E-state index in [0.717, 1.165) is 0 Å². The summed E-state index contributed by atoms with van der Waals surface area (Å²) in [5.41, 5.74) is 11.3. The number of nitrogen functional groups attached to an aromatic ring is 1. The van der Waals surface area contributed by atoms with Crippen molar-refractivity contribution in [3.05, 3.63) is 18.2 Å². The van der Waals surface area contributed by atoms with E-state index in [4.69, 9.17) is 16.2 Å². The van der Waals surface area contributed by atoms with Gasteiger partial charge in [0.2, 0.25) is 5.91 Å². The summed E-state index contributed by atoms with van der Waals surface area (Å²) in [5, 5.41) is -0.732. The molecule has 2 unspecified atom stereocenters. The second-order valence-corrected chi connectivity index (χ2v) is 5.10. The first kappa shape index (κ1) is 13.5. The van der Waals surface area contributed by atoms with Crippen LogP contribution in [0, 0.1) is 0 Å². The third kappa shape index (κ3) is 2.97. The number of hydrogen-bond acceptors (Lipinski definition) is 4. The Balaban J connectivity index is 3.14. The predicted octanol–water partition coefficient (Wildman–Crippen LogP) is 0.649. The Morgan fingerprint density at radius 1 is 1.53 bits per heavy atom. The van der Waals surface area contributed by atoms with Crippen molar-refractivity contribution in [2.45, 2.75) is 23.5 Å². The summed E-state index contributed by atoms with van der Waals surface area (Å²) < 4.78 is 17.2. The third-order valence-corrected chi connectivity index (χ3v) is 4.25. The molecule has 0 aromatic heterocycles. The number of primary amides is 1. The maximum atomic E-state index is 12.2. The first-order valence-electron chi connectivity index (χ1n) is 5.14. The molecule has 4 N–H and O–H groups in total. The zero-order chi connectivity index (χ0) is 13.0. The van der Waals surface area contributed by atoms with Crippen LogP contribution in [-0.4, -0.2) is 22.5 Å². The zero-order valence-corrected chi connectivity index (χ0v) is 10.6. The van der Waals surface area contributed by atoms with Crippen LogP contribution in [0.3, 0.4) is 0 Å². The van der Waals surface area contributed by atoms with E-state index in [1.54, 1.807) is 25.1 Å². The highest BCUT2D eigenvalue weighted by molar-refractivity contribution is 7.86. The third-order valence-electron chi connectivity index (χ3n) is 2.38. The SMILES string of the molecule is CCC(C(N)=O)S(=O)c1cc(OC)ccc1N. The molecule has 0 heterocycles. The van der Waals surface area contributed by atoms with Crippen LogP contribution in [-0.2, 0) is 15.6 Å². The van der Waals surface area contributed by atoms with Gasteiger partial charge in [0.1, 0.15) is 11.0 Å². The Kier molecular flexibility index (Phi) is 4.51. The van der Waals surface area contributed by atoms with E-state index in [2.05, 4.69) is 0 Å². The van der Waals surface area contributed by atoms with Gasteiger partial charge in [-0.05, 0) is 24.6 Å². The number of nitrogens with two attached hydrogens (primary N) is 2. The van der Waals surface area contributed by atoms with Gasteiger partial charge >= 0.3 is 0 Å². The van der Waals surface area contributed by atoms with E-state index in [9.17, 15) is 9.00 Å². The fourth-order valence-corrected chi connectivity index (χ4v) is 2.78. The number of ether oxygens (including phenoxy) is 1. The maximum absolute atomic E-state index is 12.2. The standard InChI is InChI=1S/C11H16N2O3S/c1-3-9(11(13)14)17(15)10-6-7(16-2)4-5-8(10)12/h4-6,9H,3,12H2,1-2H3,(H2,13,14). The normalized spacial score (nSPS) is 14.0. The van der Waals surface area contributed by atoms with Crippen molar-refractivity contribution in [2.75, 3.05) is 12.8 Å². The fraction of sp³-hybridized carbons (Fsp3) is 0.364. The lowest BCUT2D eigenvalue weighted by molar-refractivity contribution is -0.117. The lowest BCUT2D eigenvalue weighted by atomic mass is 10.3. The molecule has 6 heteroatoms. The molecule has 1 amide bonds. The van der Waals surface area contributed by atoms with Crippen LogP contribution < -0.4 is 16.2 Å². The lowest BCUT2D eigenvalue weighted by Crippen LogP contribution is -2.32. The van der Waals surface area contributed by atoms with E-state index in [1.807, 2.05) is 0 Å². The molecule has 0 bridgehead atoms. The van der Waals surface area contributed by atoms with Crippen LogP contribution in [0.2, 0.25) is 0 Å². The van der Waals surface area contributed by atoms with Crippen LogP contribution in [0.25, 0.3) is 0 Å². The van der Waals surface area contributed by atoms with Gasteiger partial charge in [0.05, 0.1) is 22.8 Å². The molecular weight excluding hydrogens is 240 g/mol. The Bertz CT molecular complexity index is 448. The van der Waals surface area contributed by atoms with Gasteiger partial charge in [-0.3, -0.25) is 9.00 Å². The van der Waals surface area contributed by atoms with Gasteiger partial charge in [0, 0.05) is 5.69 Å². The van der Waals surface area contributed by atoms with Gasteiger partial charge in [0.15, 0.2) is 0 Å². The van der Waals surface area contributed by atoms with Gasteiger partial charge in [-0.25, -0.2) is 0 Å². The molecule has 0 aliphatic carbocycles. The van der Waals surface area contributed by atoms with E-state index < -0.39 is 22.0 Å². The molecule has 0 saturated heterocycles. The fourth-order valence-electron chi connectivity index (χ4n) is 1.43. The molecule has 0 aliphatic heterocycles. The number of hydrogen-bond donors (Lipinski definition) is 2. The zero-order valence-electron chi connectivity index (χ0n) is 9.80. The molecular formula is C11H16N2O3S. The van der Waals surface area contributed by atoms with Crippen LogP contribution in [0.1, 0.15) is 13.3 Å². The molecule has 1 rings (SSSR count). The number of carbonyl (C=O) groups excluding carboxylic acids is 1. The van der Waals surface area contributed by atoms with E-state index in [1.165, 1.54) is 7.11 Å². The number of amides is 1. The summed E-state index contributed by atoms with van der Waals surface area (Å²) in [4.78, 5) is 11.6. The molecule has 5 nitrogen and oxygen atoms in total. The average Bonchev–Trinajstić information content (AvgIpc) is 2.30. The largest absolute Gasteiger partial charge is 0.497 e. The van der Waals surface area contributed by atoms with E-state index in [-0.39, 0.29) is 0 Å². The van der Waals surface area contributed by atoms with Crippen molar-refractivity contribution in [1.82, 2.24) is 0 Å².